The summed E-state index contributed by atoms with van der Waals surface area (Å²) in [5, 5.41) is 26.0. The zero-order valence-corrected chi connectivity index (χ0v) is 66.5. The van der Waals surface area contributed by atoms with Crippen LogP contribution in [-0.4, -0.2) is 145 Å². The van der Waals surface area contributed by atoms with Gasteiger partial charge in [-0.3, -0.25) is 0 Å². The number of aliphatic hydroxyl groups is 2. The molecule has 7 fully saturated rings. The van der Waals surface area contributed by atoms with Gasteiger partial charge < -0.3 is 91.3 Å². The van der Waals surface area contributed by atoms with Gasteiger partial charge >= 0.3 is 0 Å². The highest BCUT2D eigenvalue weighted by Gasteiger charge is 2.62. The van der Waals surface area contributed by atoms with Gasteiger partial charge in [-0.2, -0.15) is 0 Å². The first kappa shape index (κ1) is 79.0. The molecule has 13 heterocycles. The molecule has 592 valence electrons. The maximum Gasteiger partial charge on any atom is 0.163 e. The minimum atomic E-state index is -0.875. The number of nitrogen functional groups attached to an aromatic ring is 6. The Labute approximate surface area is 656 Å². The van der Waals surface area contributed by atoms with Gasteiger partial charge in [-0.15, -0.1) is 13.2 Å². The van der Waals surface area contributed by atoms with E-state index in [1.807, 2.05) is 126 Å². The van der Waals surface area contributed by atoms with E-state index in [0.29, 0.717) is 57.0 Å². The molecule has 0 bridgehead atoms. The molecule has 3 saturated heterocycles. The molecule has 0 aromatic carbocycles. The van der Waals surface area contributed by atoms with Gasteiger partial charge in [-0.25, -0.2) is 49.8 Å². The van der Waals surface area contributed by atoms with Crippen LogP contribution >= 0.6 is 23.2 Å². The van der Waals surface area contributed by atoms with Gasteiger partial charge in [0.1, 0.15) is 107 Å². The summed E-state index contributed by atoms with van der Waals surface area (Å²) in [6.45, 7) is 28.6. The molecular formula is C81H106Cl2N20O8. The third-order valence-corrected chi connectivity index (χ3v) is 25.0. The quantitative estimate of drug-likeness (QED) is 0.0292. The van der Waals surface area contributed by atoms with Gasteiger partial charge in [-0.05, 0) is 183 Å². The maximum absolute atomic E-state index is 10.8. The number of aromatic nitrogens is 14. The molecule has 4 saturated carbocycles. The van der Waals surface area contributed by atoms with Crippen molar-refractivity contribution in [3.8, 4) is 0 Å². The molecule has 111 heavy (non-hydrogen) atoms. The number of hydrogen-bond acceptors (Lipinski definition) is 24. The van der Waals surface area contributed by atoms with Crippen molar-refractivity contribution in [3.63, 3.8) is 0 Å². The summed E-state index contributed by atoms with van der Waals surface area (Å²) < 4.78 is 46.4. The van der Waals surface area contributed by atoms with Crippen LogP contribution in [0, 0.1) is 21.7 Å². The topological polar surface area (TPSA) is 401 Å². The van der Waals surface area contributed by atoms with E-state index in [4.69, 9.17) is 86.0 Å². The molecular weight excluding hydrogens is 1450 g/mol. The van der Waals surface area contributed by atoms with Gasteiger partial charge in [0.05, 0.1) is 80.2 Å². The summed E-state index contributed by atoms with van der Waals surface area (Å²) in [6, 6.07) is 15.3. The van der Waals surface area contributed by atoms with Crippen molar-refractivity contribution < 1.29 is 38.6 Å². The van der Waals surface area contributed by atoms with E-state index in [0.717, 1.165) is 133 Å². The third kappa shape index (κ3) is 15.3. The summed E-state index contributed by atoms with van der Waals surface area (Å²) in [7, 11) is 0. The van der Waals surface area contributed by atoms with Crippen LogP contribution in [0.5, 0.6) is 0 Å². The smallest absolute Gasteiger partial charge is 0.163 e. The van der Waals surface area contributed by atoms with E-state index >= 15 is 0 Å². The molecule has 10 aromatic rings. The number of nitrogens with zero attached hydrogens (tertiary/aromatic N) is 14. The number of anilines is 6. The van der Waals surface area contributed by atoms with Gasteiger partial charge in [0, 0.05) is 41.6 Å². The van der Waals surface area contributed by atoms with E-state index in [9.17, 15) is 10.2 Å². The highest BCUT2D eigenvalue weighted by Crippen LogP contribution is 2.59. The SMILES string of the molecule is C=CCC[C@@]1(C)C[C@@H](n2ccc3c(N)ncnc32)[C@@H]2OC(C)(C)O[C@@H]21.C=C[C@@]1(C)C[C@@H](n2ccc3c(N)ncnc32)[C@@H]2OC(C)(C)O[C@@H]21.CC1(C)O[C@H]2[C@H](n3ccc4c(N)ncnc43)C[C@](C)(CCCCc3ccc(Cl)c(N)n3)[C@H]2O1.C[C@]1(CCCCc2ccc(Cl)c(N)n2)C[C@@H](n2ccc3c(N)ncnc32)[C@H](O)[C@@H]1O. The van der Waals surface area contributed by atoms with Crippen molar-refractivity contribution in [3.05, 3.63) is 145 Å². The molecule has 0 spiro atoms. The molecule has 16 atom stereocenters. The largest absolute Gasteiger partial charge is 0.390 e. The molecule has 28 nitrogen and oxygen atoms in total. The fourth-order valence-electron chi connectivity index (χ4n) is 18.6. The molecule has 14 N–H and O–H groups in total. The van der Waals surface area contributed by atoms with Crippen LogP contribution in [0.25, 0.3) is 44.1 Å². The number of fused-ring (bicyclic) bond motifs is 7. The highest BCUT2D eigenvalue weighted by atomic mass is 35.5. The minimum Gasteiger partial charge on any atom is -0.390 e. The van der Waals surface area contributed by atoms with E-state index in [-0.39, 0.29) is 77.0 Å². The first-order valence-electron chi connectivity index (χ1n) is 38.4. The summed E-state index contributed by atoms with van der Waals surface area (Å²) in [5.74, 6) is 0.885. The van der Waals surface area contributed by atoms with E-state index in [1.165, 1.54) is 25.3 Å². The Morgan fingerprint density at radius 2 is 0.766 bits per heavy atom. The van der Waals surface area contributed by atoms with Crippen molar-refractivity contribution >= 4 is 102 Å². The van der Waals surface area contributed by atoms with Crippen LogP contribution in [0.4, 0.5) is 34.9 Å². The van der Waals surface area contributed by atoms with Crippen LogP contribution in [0.3, 0.4) is 0 Å². The van der Waals surface area contributed by atoms with E-state index in [2.05, 4.69) is 104 Å². The van der Waals surface area contributed by atoms with E-state index < -0.39 is 35.0 Å². The van der Waals surface area contributed by atoms with Gasteiger partial charge in [0.2, 0.25) is 0 Å². The lowest BCUT2D eigenvalue weighted by Crippen LogP contribution is -2.34. The second-order valence-corrected chi connectivity index (χ2v) is 34.5. The van der Waals surface area contributed by atoms with Crippen molar-refractivity contribution in [1.82, 2.24) is 68.1 Å². The number of aryl methyl sites for hydroxylation is 2. The first-order valence-corrected chi connectivity index (χ1v) is 39.2. The number of unbranched alkanes of at least 4 members (excludes halogenated alkanes) is 2. The number of allylic oxidation sites excluding steroid dienone is 1. The Morgan fingerprint density at radius 3 is 1.14 bits per heavy atom. The second-order valence-electron chi connectivity index (χ2n) is 33.7. The lowest BCUT2D eigenvalue weighted by molar-refractivity contribution is -0.168. The minimum absolute atomic E-state index is 0.00314. The normalized spacial score (nSPS) is 30.5. The third-order valence-electron chi connectivity index (χ3n) is 24.4. The molecule has 17 rings (SSSR count). The monoisotopic (exact) mass is 1560 g/mol. The average molecular weight is 1560 g/mol. The van der Waals surface area contributed by atoms with Gasteiger partial charge in [0.15, 0.2) is 17.4 Å². The first-order chi connectivity index (χ1) is 52.7. The van der Waals surface area contributed by atoms with Crippen LogP contribution in [0.1, 0.15) is 182 Å². The molecule has 10 aromatic heterocycles. The average Bonchev–Trinajstić information content (AvgIpc) is 1.58. The van der Waals surface area contributed by atoms with Crippen LogP contribution in [-0.2, 0) is 41.3 Å². The standard InChI is InChI=1S/C24H31ClN6O2.C21H27ClN6O2.C19H26N4O2.C17H22N4O2/c1-23(2)32-18-17(31-11-9-15-20(26)28-13-29-22(15)31)12-24(3,19(18)33-23)10-5-4-6-14-7-8-16(25)21(27)30-14;1-21(8-3-2-4-12-5-6-14(22)19(24)27-12)10-15(16(29)17(21)30)28-9-7-13-18(23)25-11-26-20(13)28;1-5-6-8-19(4)10-13(14-15(19)25-18(2,3)24-14)23-9-7-12-16(20)21-11-22-17(12)23;1-5-17(4)8-11(12-13(17)23-16(2,3)22-12)21-7-6-10-14(18)19-9-20-15(10)21/h7-9,11,13,17-19H,4-6,10,12H2,1-3H3,(H2,27,30)(H2,26,28,29);5-7,9,11,15-17,29-30H,2-4,8,10H2,1H3,(H2,24,27)(H2,23,25,26);5,7,9,11,13-15H,1,6,8,10H2,2-4H3,(H2,20,21,22);5-7,9,11-13H,1,8H2,2-4H3,(H2,18,19,20)/t17-,18+,19+,24+;15-,16+,17+,21+;13-,14+,15+,19+;11-,12+,13+,17+/m1111/s1. The van der Waals surface area contributed by atoms with Crippen molar-refractivity contribution in [2.45, 2.75) is 249 Å². The fourth-order valence-corrected chi connectivity index (χ4v) is 18.8. The van der Waals surface area contributed by atoms with Crippen LogP contribution < -0.4 is 34.4 Å². The lowest BCUT2D eigenvalue weighted by atomic mass is 9.80. The van der Waals surface area contributed by atoms with Crippen molar-refractivity contribution in [1.29, 1.82) is 0 Å². The molecule has 7 aliphatic rings. The summed E-state index contributed by atoms with van der Waals surface area (Å²) >= 11 is 11.9. The predicted molar refractivity (Wildman–Crippen MR) is 430 cm³/mol. The number of aliphatic hydroxyl groups excluding tert-OH is 2. The fraction of sp³-hybridized carbons (Fsp3) is 0.531. The molecule has 0 amide bonds. The number of pyridine rings is 2. The number of rotatable bonds is 18. The van der Waals surface area contributed by atoms with E-state index in [1.54, 1.807) is 6.07 Å². The van der Waals surface area contributed by atoms with Gasteiger partial charge in [-0.1, -0.05) is 75.9 Å². The summed E-state index contributed by atoms with van der Waals surface area (Å²) in [6.07, 6.45) is 29.0. The van der Waals surface area contributed by atoms with Crippen LogP contribution in [0.15, 0.2) is 124 Å². The summed E-state index contributed by atoms with van der Waals surface area (Å²) in [5.41, 5.74) is 40.2. The van der Waals surface area contributed by atoms with Crippen molar-refractivity contribution in [2.24, 2.45) is 21.7 Å². The number of hydrogen-bond donors (Lipinski definition) is 8. The maximum atomic E-state index is 10.8. The Balaban J connectivity index is 0.000000124. The lowest BCUT2D eigenvalue weighted by Gasteiger charge is -2.32. The Hall–Kier alpha value is -8.68. The Kier molecular flexibility index (Phi) is 21.6. The molecule has 30 heteroatoms. The molecule has 4 aliphatic carbocycles. The predicted octanol–water partition coefficient (Wildman–Crippen LogP) is 13.4. The molecule has 0 unspecified atom stereocenters. The van der Waals surface area contributed by atoms with Crippen LogP contribution in [0.2, 0.25) is 10.0 Å². The zero-order chi connectivity index (χ0) is 79.1. The zero-order valence-electron chi connectivity index (χ0n) is 65.0. The van der Waals surface area contributed by atoms with Crippen molar-refractivity contribution in [2.75, 3.05) is 34.4 Å². The number of halogens is 2. The van der Waals surface area contributed by atoms with Gasteiger partial charge in [0.25, 0.3) is 0 Å². The highest BCUT2D eigenvalue weighted by molar-refractivity contribution is 6.33. The molecule has 0 radical (unpaired) electrons. The number of ether oxygens (including phenoxy) is 6. The molecule has 3 aliphatic heterocycles. The number of nitrogens with two attached hydrogens (primary N) is 6. The second kappa shape index (κ2) is 30.3. The summed E-state index contributed by atoms with van der Waals surface area (Å²) in [4.78, 5) is 42.7. The Bertz CT molecular complexity index is 5070. The Morgan fingerprint density at radius 1 is 0.423 bits per heavy atom.